The van der Waals surface area contributed by atoms with Crippen LogP contribution >= 0.6 is 0 Å². The van der Waals surface area contributed by atoms with E-state index in [4.69, 9.17) is 0 Å². The Kier molecular flexibility index (Phi) is 6.01. The molecule has 0 saturated carbocycles. The van der Waals surface area contributed by atoms with E-state index in [1.165, 1.54) is 18.2 Å². The third-order valence-corrected chi connectivity index (χ3v) is 4.54. The number of pyridine rings is 1. The fourth-order valence-electron chi connectivity index (χ4n) is 2.98. The normalized spacial score (nSPS) is 15.3. The second-order valence-corrected chi connectivity index (χ2v) is 6.52. The van der Waals surface area contributed by atoms with Crippen molar-refractivity contribution < 1.29 is 22.4 Å². The van der Waals surface area contributed by atoms with Crippen LogP contribution in [0.4, 0.5) is 28.2 Å². The van der Waals surface area contributed by atoms with Crippen LogP contribution < -0.4 is 10.2 Å². The molecular weight excluding hydrogens is 376 g/mol. The van der Waals surface area contributed by atoms with Gasteiger partial charge in [-0.3, -0.25) is 0 Å². The molecule has 1 aliphatic rings. The lowest BCUT2D eigenvalue weighted by molar-refractivity contribution is -0.137. The lowest BCUT2D eigenvalue weighted by atomic mass is 10.2. The van der Waals surface area contributed by atoms with Gasteiger partial charge in [0.1, 0.15) is 11.6 Å². The Hall–Kier alpha value is -2.84. The van der Waals surface area contributed by atoms with Gasteiger partial charge in [-0.25, -0.2) is 14.2 Å². The Morgan fingerprint density at radius 2 is 1.79 bits per heavy atom. The van der Waals surface area contributed by atoms with Crippen molar-refractivity contribution in [1.82, 2.24) is 15.2 Å². The number of urea groups is 1. The highest BCUT2D eigenvalue weighted by molar-refractivity contribution is 5.74. The van der Waals surface area contributed by atoms with Crippen LogP contribution in [0, 0.1) is 5.82 Å². The summed E-state index contributed by atoms with van der Waals surface area (Å²) in [6.07, 6.45) is -2.91. The van der Waals surface area contributed by atoms with Crippen LogP contribution in [0.1, 0.15) is 17.5 Å². The molecule has 150 valence electrons. The number of hydrogen-bond acceptors (Lipinski definition) is 3. The maximum atomic E-state index is 12.9. The molecule has 0 aliphatic carbocycles. The third-order valence-electron chi connectivity index (χ3n) is 4.54. The molecule has 1 N–H and O–H groups in total. The number of hydrogen-bond donors (Lipinski definition) is 1. The molecule has 1 aliphatic heterocycles. The van der Waals surface area contributed by atoms with Gasteiger partial charge < -0.3 is 15.1 Å². The SMILES string of the molecule is O=C(NCc1ccc(F)cc1)N1CCCN(c2ccc(C(F)(F)F)cn2)CC1. The van der Waals surface area contributed by atoms with Crippen LogP contribution in [0.5, 0.6) is 0 Å². The predicted molar refractivity (Wildman–Crippen MR) is 96.3 cm³/mol. The van der Waals surface area contributed by atoms with Gasteiger partial charge in [0.15, 0.2) is 0 Å². The quantitative estimate of drug-likeness (QED) is 0.806. The molecular formula is C19H20F4N4O. The maximum Gasteiger partial charge on any atom is 0.417 e. The molecule has 0 radical (unpaired) electrons. The molecule has 0 bridgehead atoms. The van der Waals surface area contributed by atoms with E-state index in [0.717, 1.165) is 17.8 Å². The van der Waals surface area contributed by atoms with Gasteiger partial charge in [0.25, 0.3) is 0 Å². The lowest BCUT2D eigenvalue weighted by Crippen LogP contribution is -2.41. The molecule has 0 atom stereocenters. The van der Waals surface area contributed by atoms with Crippen LogP contribution in [-0.2, 0) is 12.7 Å². The molecule has 1 fully saturated rings. The van der Waals surface area contributed by atoms with Crippen molar-refractivity contribution in [2.24, 2.45) is 0 Å². The second-order valence-electron chi connectivity index (χ2n) is 6.52. The first-order chi connectivity index (χ1) is 13.3. The maximum absolute atomic E-state index is 12.9. The van der Waals surface area contributed by atoms with Crippen molar-refractivity contribution in [3.8, 4) is 0 Å². The van der Waals surface area contributed by atoms with Gasteiger partial charge in [-0.2, -0.15) is 13.2 Å². The molecule has 1 aromatic heterocycles. The van der Waals surface area contributed by atoms with Crippen molar-refractivity contribution >= 4 is 11.8 Å². The van der Waals surface area contributed by atoms with Gasteiger partial charge in [0, 0.05) is 38.9 Å². The number of halogens is 4. The van der Waals surface area contributed by atoms with E-state index >= 15 is 0 Å². The van der Waals surface area contributed by atoms with Crippen LogP contribution in [0.3, 0.4) is 0 Å². The second kappa shape index (κ2) is 8.45. The lowest BCUT2D eigenvalue weighted by Gasteiger charge is -2.23. The zero-order chi connectivity index (χ0) is 20.1. The largest absolute Gasteiger partial charge is 0.417 e. The number of benzene rings is 1. The number of nitrogens with one attached hydrogen (secondary N) is 1. The van der Waals surface area contributed by atoms with E-state index in [1.54, 1.807) is 17.0 Å². The molecule has 2 amide bonds. The zero-order valence-electron chi connectivity index (χ0n) is 15.0. The molecule has 1 saturated heterocycles. The zero-order valence-corrected chi connectivity index (χ0v) is 15.0. The Bertz CT molecular complexity index is 793. The molecule has 2 aromatic rings. The minimum absolute atomic E-state index is 0.230. The van der Waals surface area contributed by atoms with Crippen LogP contribution in [0.2, 0.25) is 0 Å². The Labute approximate surface area is 160 Å². The average Bonchev–Trinajstić information content (AvgIpc) is 2.93. The highest BCUT2D eigenvalue weighted by atomic mass is 19.4. The molecule has 3 rings (SSSR count). The standard InChI is InChI=1S/C19H20F4N4O/c20-16-5-2-14(3-6-16)12-25-18(28)27-9-1-8-26(10-11-27)17-7-4-15(13-24-17)19(21,22)23/h2-7,13H,1,8-12H2,(H,25,28). The van der Waals surface area contributed by atoms with Gasteiger partial charge in [0.05, 0.1) is 5.56 Å². The van der Waals surface area contributed by atoms with E-state index in [9.17, 15) is 22.4 Å². The molecule has 1 aromatic carbocycles. The van der Waals surface area contributed by atoms with Crippen LogP contribution in [0.15, 0.2) is 42.6 Å². The smallest absolute Gasteiger partial charge is 0.355 e. The number of nitrogens with zero attached hydrogens (tertiary/aromatic N) is 3. The summed E-state index contributed by atoms with van der Waals surface area (Å²) in [4.78, 5) is 19.8. The number of carbonyl (C=O) groups is 1. The number of amides is 2. The van der Waals surface area contributed by atoms with Crippen LogP contribution in [0.25, 0.3) is 0 Å². The minimum Gasteiger partial charge on any atom is -0.355 e. The van der Waals surface area contributed by atoms with Crippen molar-refractivity contribution in [1.29, 1.82) is 0 Å². The first-order valence-corrected chi connectivity index (χ1v) is 8.88. The minimum atomic E-state index is -4.41. The van der Waals surface area contributed by atoms with E-state index in [2.05, 4.69) is 10.3 Å². The third kappa shape index (κ3) is 5.11. The summed E-state index contributed by atoms with van der Waals surface area (Å²) in [5.41, 5.74) is 0.00743. The van der Waals surface area contributed by atoms with Crippen molar-refractivity contribution in [3.05, 3.63) is 59.5 Å². The first kappa shape index (κ1) is 19.9. The summed E-state index contributed by atoms with van der Waals surface area (Å²) in [7, 11) is 0. The van der Waals surface area contributed by atoms with E-state index < -0.39 is 11.7 Å². The summed E-state index contributed by atoms with van der Waals surface area (Å²) in [6, 6.07) is 8.02. The van der Waals surface area contributed by atoms with E-state index in [0.29, 0.717) is 45.0 Å². The average molecular weight is 396 g/mol. The molecule has 0 spiro atoms. The Morgan fingerprint density at radius 3 is 2.43 bits per heavy atom. The number of rotatable bonds is 3. The highest BCUT2D eigenvalue weighted by Crippen LogP contribution is 2.29. The highest BCUT2D eigenvalue weighted by Gasteiger charge is 2.31. The summed E-state index contributed by atoms with van der Waals surface area (Å²) in [5.74, 6) is 0.126. The monoisotopic (exact) mass is 396 g/mol. The van der Waals surface area contributed by atoms with Gasteiger partial charge in [0.2, 0.25) is 0 Å². The van der Waals surface area contributed by atoms with Crippen molar-refractivity contribution in [2.45, 2.75) is 19.1 Å². The molecule has 5 nitrogen and oxygen atoms in total. The van der Waals surface area contributed by atoms with Crippen molar-refractivity contribution in [3.63, 3.8) is 0 Å². The number of anilines is 1. The Balaban J connectivity index is 1.54. The van der Waals surface area contributed by atoms with Gasteiger partial charge in [-0.1, -0.05) is 12.1 Å². The molecule has 0 unspecified atom stereocenters. The molecule has 9 heteroatoms. The van der Waals surface area contributed by atoms with Crippen molar-refractivity contribution in [2.75, 3.05) is 31.1 Å². The Morgan fingerprint density at radius 1 is 1.04 bits per heavy atom. The van der Waals surface area contributed by atoms with Crippen LogP contribution in [-0.4, -0.2) is 42.1 Å². The predicted octanol–water partition coefficient (Wildman–Crippen LogP) is 3.66. The van der Waals surface area contributed by atoms with Gasteiger partial charge in [-0.05, 0) is 36.2 Å². The topological polar surface area (TPSA) is 48.5 Å². The van der Waals surface area contributed by atoms with Gasteiger partial charge >= 0.3 is 12.2 Å². The fraction of sp³-hybridized carbons (Fsp3) is 0.368. The summed E-state index contributed by atoms with van der Waals surface area (Å²) < 4.78 is 50.9. The molecule has 28 heavy (non-hydrogen) atoms. The summed E-state index contributed by atoms with van der Waals surface area (Å²) in [6.45, 7) is 2.33. The fourth-order valence-corrected chi connectivity index (χ4v) is 2.98. The number of alkyl halides is 3. The molecule has 2 heterocycles. The number of aromatic nitrogens is 1. The first-order valence-electron chi connectivity index (χ1n) is 8.88. The van der Waals surface area contributed by atoms with E-state index in [1.807, 2.05) is 4.90 Å². The number of carbonyl (C=O) groups excluding carboxylic acids is 1. The van der Waals surface area contributed by atoms with E-state index in [-0.39, 0.29) is 11.8 Å². The van der Waals surface area contributed by atoms with Gasteiger partial charge in [-0.15, -0.1) is 0 Å². The summed E-state index contributed by atoms with van der Waals surface area (Å²) in [5, 5.41) is 2.80. The summed E-state index contributed by atoms with van der Waals surface area (Å²) >= 11 is 0.